The number of alkyl carbamates (subject to hydrolysis) is 1. The Bertz CT molecular complexity index is 608. The van der Waals surface area contributed by atoms with Crippen LogP contribution >= 0.6 is 0 Å². The molecule has 0 fully saturated rings. The average Bonchev–Trinajstić information content (AvgIpc) is 2.85. The number of nitrogens with one attached hydrogen (secondary N) is 1. The van der Waals surface area contributed by atoms with Gasteiger partial charge >= 0.3 is 6.09 Å². The number of hydrogen-bond donors (Lipinski definition) is 1. The first-order chi connectivity index (χ1) is 10.3. The lowest BCUT2D eigenvalue weighted by Gasteiger charge is -2.14. The van der Waals surface area contributed by atoms with Gasteiger partial charge in [-0.1, -0.05) is 48.5 Å². The Morgan fingerprint density at radius 2 is 1.57 bits per heavy atom. The van der Waals surface area contributed by atoms with E-state index in [0.717, 1.165) is 0 Å². The number of rotatable bonds is 4. The summed E-state index contributed by atoms with van der Waals surface area (Å²) in [5.41, 5.74) is 4.74. The zero-order chi connectivity index (χ0) is 14.7. The van der Waals surface area contributed by atoms with Crippen LogP contribution in [0.2, 0.25) is 0 Å². The van der Waals surface area contributed by atoms with E-state index in [2.05, 4.69) is 29.6 Å². The van der Waals surface area contributed by atoms with Gasteiger partial charge < -0.3 is 10.1 Å². The highest BCUT2D eigenvalue weighted by molar-refractivity contribution is 5.79. The van der Waals surface area contributed by atoms with Crippen LogP contribution in [0.4, 0.5) is 4.79 Å². The van der Waals surface area contributed by atoms with Crippen molar-refractivity contribution >= 4 is 6.09 Å². The highest BCUT2D eigenvalue weighted by Gasteiger charge is 2.28. The quantitative estimate of drug-likeness (QED) is 0.937. The van der Waals surface area contributed by atoms with Gasteiger partial charge in [0.15, 0.2) is 0 Å². The maximum Gasteiger partial charge on any atom is 0.407 e. The Morgan fingerprint density at radius 1 is 1.00 bits per heavy atom. The van der Waals surface area contributed by atoms with Crippen molar-refractivity contribution in [3.63, 3.8) is 0 Å². The highest BCUT2D eigenvalue weighted by Crippen LogP contribution is 2.44. The van der Waals surface area contributed by atoms with Crippen molar-refractivity contribution < 1.29 is 14.6 Å². The van der Waals surface area contributed by atoms with Crippen molar-refractivity contribution in [1.82, 2.24) is 5.32 Å². The minimum atomic E-state index is -0.535. The molecule has 1 radical (unpaired) electrons. The van der Waals surface area contributed by atoms with Gasteiger partial charge in [0.25, 0.3) is 0 Å². The summed E-state index contributed by atoms with van der Waals surface area (Å²) >= 11 is 0. The van der Waals surface area contributed by atoms with Gasteiger partial charge in [0, 0.05) is 12.5 Å². The van der Waals surface area contributed by atoms with E-state index in [1.54, 1.807) is 0 Å². The smallest absolute Gasteiger partial charge is 0.407 e. The van der Waals surface area contributed by atoms with Crippen LogP contribution in [0, 0.1) is 0 Å². The van der Waals surface area contributed by atoms with Gasteiger partial charge in [-0.05, 0) is 22.3 Å². The highest BCUT2D eigenvalue weighted by atomic mass is 16.5. The van der Waals surface area contributed by atoms with E-state index >= 15 is 0 Å². The largest absolute Gasteiger partial charge is 0.449 e. The zero-order valence-corrected chi connectivity index (χ0v) is 11.5. The number of amides is 1. The van der Waals surface area contributed by atoms with Gasteiger partial charge in [-0.15, -0.1) is 0 Å². The first-order valence-corrected chi connectivity index (χ1v) is 6.98. The van der Waals surface area contributed by atoms with Gasteiger partial charge in [-0.2, -0.15) is 0 Å². The molecule has 0 atom stereocenters. The molecule has 3 rings (SSSR count). The van der Waals surface area contributed by atoms with Crippen LogP contribution in [0.1, 0.15) is 17.0 Å². The van der Waals surface area contributed by atoms with Gasteiger partial charge in [-0.25, -0.2) is 9.90 Å². The molecule has 2 aromatic rings. The van der Waals surface area contributed by atoms with Crippen molar-refractivity contribution in [3.8, 4) is 11.1 Å². The van der Waals surface area contributed by atoms with Gasteiger partial charge in [0.1, 0.15) is 6.61 Å². The Morgan fingerprint density at radius 3 is 2.14 bits per heavy atom. The Hall–Kier alpha value is -2.33. The molecule has 1 N–H and O–H groups in total. The van der Waals surface area contributed by atoms with E-state index in [4.69, 9.17) is 4.74 Å². The second-order valence-electron chi connectivity index (χ2n) is 4.96. The fourth-order valence-electron chi connectivity index (χ4n) is 2.80. The second-order valence-corrected chi connectivity index (χ2v) is 4.96. The number of benzene rings is 2. The Kier molecular flexibility index (Phi) is 3.88. The molecule has 0 aromatic heterocycles. The number of carbonyl (C=O) groups is 1. The van der Waals surface area contributed by atoms with Gasteiger partial charge in [0.2, 0.25) is 0 Å². The predicted octanol–water partition coefficient (Wildman–Crippen LogP) is 2.96. The van der Waals surface area contributed by atoms with Crippen LogP contribution in [-0.4, -0.2) is 25.9 Å². The van der Waals surface area contributed by atoms with Crippen LogP contribution < -0.4 is 5.32 Å². The minimum absolute atomic E-state index is 0.0513. The van der Waals surface area contributed by atoms with E-state index in [-0.39, 0.29) is 25.7 Å². The van der Waals surface area contributed by atoms with Crippen LogP contribution in [0.25, 0.3) is 11.1 Å². The van der Waals surface area contributed by atoms with E-state index in [1.807, 2.05) is 24.3 Å². The van der Waals surface area contributed by atoms with Crippen molar-refractivity contribution in [1.29, 1.82) is 0 Å². The molecule has 0 bridgehead atoms. The maximum atomic E-state index is 11.5. The third kappa shape index (κ3) is 2.62. The molecule has 2 aromatic carbocycles. The molecule has 1 aliphatic carbocycles. The summed E-state index contributed by atoms with van der Waals surface area (Å²) < 4.78 is 5.25. The average molecular weight is 282 g/mol. The topological polar surface area (TPSA) is 58.2 Å². The summed E-state index contributed by atoms with van der Waals surface area (Å²) in [6.07, 6.45) is -0.535. The predicted molar refractivity (Wildman–Crippen MR) is 78.6 cm³/mol. The summed E-state index contributed by atoms with van der Waals surface area (Å²) in [5.74, 6) is 0.0513. The van der Waals surface area contributed by atoms with Crippen molar-refractivity contribution in [2.45, 2.75) is 5.92 Å². The normalized spacial score (nSPS) is 12.6. The molecule has 0 heterocycles. The molecule has 4 heteroatoms. The first-order valence-electron chi connectivity index (χ1n) is 6.98. The molecule has 1 aliphatic rings. The number of fused-ring (bicyclic) bond motifs is 3. The van der Waals surface area contributed by atoms with Gasteiger partial charge in [-0.3, -0.25) is 0 Å². The number of ether oxygens (including phenoxy) is 1. The van der Waals surface area contributed by atoms with E-state index in [0.29, 0.717) is 0 Å². The molecule has 0 unspecified atom stereocenters. The lowest BCUT2D eigenvalue weighted by Crippen LogP contribution is -2.28. The van der Waals surface area contributed by atoms with Crippen molar-refractivity contribution in [2.24, 2.45) is 0 Å². The fraction of sp³-hybridized carbons (Fsp3) is 0.235. The van der Waals surface area contributed by atoms with Gasteiger partial charge in [0.05, 0.1) is 6.61 Å². The van der Waals surface area contributed by atoms with Crippen LogP contribution in [-0.2, 0) is 9.84 Å². The molecule has 0 saturated carbocycles. The van der Waals surface area contributed by atoms with E-state index in [1.165, 1.54) is 22.3 Å². The van der Waals surface area contributed by atoms with E-state index in [9.17, 15) is 9.90 Å². The maximum absolute atomic E-state index is 11.5. The molecule has 4 nitrogen and oxygen atoms in total. The first kappa shape index (κ1) is 13.6. The number of hydrogen-bond acceptors (Lipinski definition) is 2. The molecule has 0 aliphatic heterocycles. The molecular formula is C17H16NO3. The van der Waals surface area contributed by atoms with Crippen LogP contribution in [0.5, 0.6) is 0 Å². The standard InChI is InChI=1S/C17H16NO3/c19-10-9-18-17(20)21-11-16-14-7-3-1-5-12(14)13-6-2-4-8-15(13)16/h1-8,16H,9-11H2,(H,18,20). The lowest BCUT2D eigenvalue weighted by molar-refractivity contribution is 0.135. The van der Waals surface area contributed by atoms with Crippen LogP contribution in [0.15, 0.2) is 48.5 Å². The Labute approximate surface area is 123 Å². The molecular weight excluding hydrogens is 266 g/mol. The Balaban J connectivity index is 1.81. The summed E-state index contributed by atoms with van der Waals surface area (Å²) in [5, 5.41) is 12.8. The van der Waals surface area contributed by atoms with E-state index < -0.39 is 6.09 Å². The summed E-state index contributed by atoms with van der Waals surface area (Å²) in [6, 6.07) is 16.3. The SMILES string of the molecule is [O]CCNC(=O)OCC1c2ccccc2-c2ccccc21. The molecule has 21 heavy (non-hydrogen) atoms. The summed E-state index contributed by atoms with van der Waals surface area (Å²) in [6.45, 7) is 0.0274. The number of carbonyl (C=O) groups excluding carboxylic acids is 1. The van der Waals surface area contributed by atoms with Crippen molar-refractivity contribution in [2.75, 3.05) is 19.8 Å². The lowest BCUT2D eigenvalue weighted by atomic mass is 9.98. The molecule has 0 spiro atoms. The summed E-state index contributed by atoms with van der Waals surface area (Å²) in [4.78, 5) is 11.5. The third-order valence-corrected chi connectivity index (χ3v) is 3.72. The third-order valence-electron chi connectivity index (χ3n) is 3.72. The molecule has 107 valence electrons. The second kappa shape index (κ2) is 5.97. The molecule has 1 amide bonds. The minimum Gasteiger partial charge on any atom is -0.449 e. The zero-order valence-electron chi connectivity index (χ0n) is 11.5. The monoisotopic (exact) mass is 282 g/mol. The van der Waals surface area contributed by atoms with Crippen molar-refractivity contribution in [3.05, 3.63) is 59.7 Å². The fourth-order valence-corrected chi connectivity index (χ4v) is 2.80. The summed E-state index contributed by atoms with van der Waals surface area (Å²) in [7, 11) is 0. The van der Waals surface area contributed by atoms with Crippen LogP contribution in [0.3, 0.4) is 0 Å². The molecule has 0 saturated heterocycles.